The topological polar surface area (TPSA) is 46.3 Å². The van der Waals surface area contributed by atoms with Crippen LogP contribution < -0.4 is 10.6 Å². The van der Waals surface area contributed by atoms with Crippen molar-refractivity contribution in [1.29, 1.82) is 0 Å². The van der Waals surface area contributed by atoms with Crippen molar-refractivity contribution < 1.29 is 4.79 Å². The molecule has 3 nitrogen and oxygen atoms in total. The second kappa shape index (κ2) is 5.85. The van der Waals surface area contributed by atoms with Gasteiger partial charge in [0.1, 0.15) is 0 Å². The van der Waals surface area contributed by atoms with Gasteiger partial charge in [0.05, 0.1) is 5.69 Å². The summed E-state index contributed by atoms with van der Waals surface area (Å²) in [6.45, 7) is 4.89. The van der Waals surface area contributed by atoms with Gasteiger partial charge in [0.15, 0.2) is 0 Å². The third kappa shape index (κ3) is 2.61. The lowest BCUT2D eigenvalue weighted by molar-refractivity contribution is -0.121. The van der Waals surface area contributed by atoms with Gasteiger partial charge in [-0.25, -0.2) is 0 Å². The molecule has 0 radical (unpaired) electrons. The van der Waals surface area contributed by atoms with E-state index in [0.717, 1.165) is 16.5 Å². The standard InChI is InChI=1S/C16H20N2O/c1-3-18(16(19)12(2)11-17)15-10-6-8-13-7-4-5-9-14(13)15/h4-10,12H,3,11,17H2,1-2H3. The predicted octanol–water partition coefficient (Wildman–Crippen LogP) is 2.79. The number of nitrogens with zero attached hydrogens (tertiary/aromatic N) is 1. The lowest BCUT2D eigenvalue weighted by Crippen LogP contribution is -2.38. The lowest BCUT2D eigenvalue weighted by Gasteiger charge is -2.25. The van der Waals surface area contributed by atoms with Crippen molar-refractivity contribution in [3.63, 3.8) is 0 Å². The molecule has 0 saturated carbocycles. The Labute approximate surface area is 114 Å². The molecule has 0 fully saturated rings. The summed E-state index contributed by atoms with van der Waals surface area (Å²) in [6, 6.07) is 14.2. The minimum Gasteiger partial charge on any atom is -0.330 e. The van der Waals surface area contributed by atoms with Crippen LogP contribution in [0.3, 0.4) is 0 Å². The number of hydrogen-bond donors (Lipinski definition) is 1. The summed E-state index contributed by atoms with van der Waals surface area (Å²) in [5, 5.41) is 2.25. The number of carbonyl (C=O) groups excluding carboxylic acids is 1. The van der Waals surface area contributed by atoms with Crippen LogP contribution in [0.15, 0.2) is 42.5 Å². The predicted molar refractivity (Wildman–Crippen MR) is 80.2 cm³/mol. The lowest BCUT2D eigenvalue weighted by atomic mass is 10.1. The van der Waals surface area contributed by atoms with Crippen molar-refractivity contribution in [2.45, 2.75) is 13.8 Å². The van der Waals surface area contributed by atoms with E-state index in [1.165, 1.54) is 0 Å². The molecular formula is C16H20N2O. The summed E-state index contributed by atoms with van der Waals surface area (Å²) < 4.78 is 0. The first kappa shape index (κ1) is 13.6. The normalized spacial score (nSPS) is 12.4. The van der Waals surface area contributed by atoms with Gasteiger partial charge < -0.3 is 10.6 Å². The van der Waals surface area contributed by atoms with Gasteiger partial charge in [-0.2, -0.15) is 0 Å². The van der Waals surface area contributed by atoms with Crippen LogP contribution in [0.1, 0.15) is 13.8 Å². The number of carbonyl (C=O) groups is 1. The first-order chi connectivity index (χ1) is 9.19. The molecule has 0 aromatic heterocycles. The van der Waals surface area contributed by atoms with E-state index in [4.69, 9.17) is 5.73 Å². The monoisotopic (exact) mass is 256 g/mol. The second-order valence-electron chi connectivity index (χ2n) is 4.72. The van der Waals surface area contributed by atoms with E-state index < -0.39 is 0 Å². The molecule has 0 bridgehead atoms. The highest BCUT2D eigenvalue weighted by molar-refractivity contribution is 6.04. The van der Waals surface area contributed by atoms with Crippen LogP contribution >= 0.6 is 0 Å². The fraction of sp³-hybridized carbons (Fsp3) is 0.312. The summed E-state index contributed by atoms with van der Waals surface area (Å²) in [5.74, 6) is -0.0692. The van der Waals surface area contributed by atoms with Crippen molar-refractivity contribution in [2.75, 3.05) is 18.0 Å². The maximum atomic E-state index is 12.4. The summed E-state index contributed by atoms with van der Waals surface area (Å²) >= 11 is 0. The van der Waals surface area contributed by atoms with E-state index >= 15 is 0 Å². The molecule has 1 atom stereocenters. The fourth-order valence-electron chi connectivity index (χ4n) is 2.26. The molecule has 3 heteroatoms. The Morgan fingerprint density at radius 3 is 2.58 bits per heavy atom. The van der Waals surface area contributed by atoms with Gasteiger partial charge in [0.2, 0.25) is 5.91 Å². The number of rotatable bonds is 4. The first-order valence-electron chi connectivity index (χ1n) is 6.68. The Morgan fingerprint density at radius 1 is 1.21 bits per heavy atom. The molecule has 2 aromatic rings. The van der Waals surface area contributed by atoms with Crippen LogP contribution in [0.2, 0.25) is 0 Å². The van der Waals surface area contributed by atoms with E-state index in [9.17, 15) is 4.79 Å². The number of amides is 1. The average molecular weight is 256 g/mol. The Kier molecular flexibility index (Phi) is 4.17. The molecule has 2 rings (SSSR count). The number of anilines is 1. The summed E-state index contributed by atoms with van der Waals surface area (Å²) in [5.41, 5.74) is 6.57. The molecule has 2 N–H and O–H groups in total. The van der Waals surface area contributed by atoms with Gasteiger partial charge >= 0.3 is 0 Å². The van der Waals surface area contributed by atoms with Gasteiger partial charge in [-0.1, -0.05) is 43.3 Å². The van der Waals surface area contributed by atoms with Crippen LogP contribution in [-0.4, -0.2) is 19.0 Å². The molecule has 2 aromatic carbocycles. The zero-order valence-electron chi connectivity index (χ0n) is 11.5. The summed E-state index contributed by atoms with van der Waals surface area (Å²) in [7, 11) is 0. The quantitative estimate of drug-likeness (QED) is 0.914. The van der Waals surface area contributed by atoms with Gasteiger partial charge in [0.25, 0.3) is 0 Å². The third-order valence-electron chi connectivity index (χ3n) is 3.41. The number of benzene rings is 2. The van der Waals surface area contributed by atoms with E-state index in [1.54, 1.807) is 0 Å². The van der Waals surface area contributed by atoms with E-state index in [-0.39, 0.29) is 11.8 Å². The average Bonchev–Trinajstić information content (AvgIpc) is 2.47. The fourth-order valence-corrected chi connectivity index (χ4v) is 2.26. The van der Waals surface area contributed by atoms with Crippen molar-refractivity contribution in [3.05, 3.63) is 42.5 Å². The zero-order chi connectivity index (χ0) is 13.8. The molecule has 0 saturated heterocycles. The Morgan fingerprint density at radius 2 is 1.89 bits per heavy atom. The van der Waals surface area contributed by atoms with Crippen LogP contribution in [0.5, 0.6) is 0 Å². The maximum Gasteiger partial charge on any atom is 0.231 e. The molecule has 0 heterocycles. The van der Waals surface area contributed by atoms with Crippen molar-refractivity contribution >= 4 is 22.4 Å². The van der Waals surface area contributed by atoms with Gasteiger partial charge in [-0.15, -0.1) is 0 Å². The van der Waals surface area contributed by atoms with E-state index in [0.29, 0.717) is 13.1 Å². The van der Waals surface area contributed by atoms with E-state index in [2.05, 4.69) is 12.1 Å². The van der Waals surface area contributed by atoms with Crippen molar-refractivity contribution in [2.24, 2.45) is 11.7 Å². The van der Waals surface area contributed by atoms with Crippen LogP contribution in [0, 0.1) is 5.92 Å². The molecule has 1 amide bonds. The molecule has 0 aliphatic carbocycles. The highest BCUT2D eigenvalue weighted by Crippen LogP contribution is 2.27. The highest BCUT2D eigenvalue weighted by atomic mass is 16.2. The van der Waals surface area contributed by atoms with E-state index in [1.807, 2.05) is 49.1 Å². The molecule has 0 aliphatic heterocycles. The number of fused-ring (bicyclic) bond motifs is 1. The summed E-state index contributed by atoms with van der Waals surface area (Å²) in [4.78, 5) is 14.2. The Hall–Kier alpha value is -1.87. The minimum atomic E-state index is -0.154. The molecule has 0 spiro atoms. The zero-order valence-corrected chi connectivity index (χ0v) is 11.5. The molecule has 0 aliphatic rings. The van der Waals surface area contributed by atoms with Crippen LogP contribution in [0.25, 0.3) is 10.8 Å². The first-order valence-corrected chi connectivity index (χ1v) is 6.68. The summed E-state index contributed by atoms with van der Waals surface area (Å²) in [6.07, 6.45) is 0. The Balaban J connectivity index is 2.49. The Bertz CT molecular complexity index is 574. The van der Waals surface area contributed by atoms with Crippen molar-refractivity contribution in [1.82, 2.24) is 0 Å². The maximum absolute atomic E-state index is 12.4. The SMILES string of the molecule is CCN(C(=O)C(C)CN)c1cccc2ccccc12. The van der Waals surface area contributed by atoms with Crippen LogP contribution in [0.4, 0.5) is 5.69 Å². The number of nitrogens with two attached hydrogens (primary N) is 1. The molecule has 100 valence electrons. The largest absolute Gasteiger partial charge is 0.330 e. The molecular weight excluding hydrogens is 236 g/mol. The molecule has 1 unspecified atom stereocenters. The van der Waals surface area contributed by atoms with Crippen LogP contribution in [-0.2, 0) is 4.79 Å². The minimum absolute atomic E-state index is 0.0846. The van der Waals surface area contributed by atoms with Gasteiger partial charge in [-0.05, 0) is 18.4 Å². The third-order valence-corrected chi connectivity index (χ3v) is 3.41. The smallest absolute Gasteiger partial charge is 0.231 e. The van der Waals surface area contributed by atoms with Gasteiger partial charge in [-0.3, -0.25) is 4.79 Å². The molecule has 19 heavy (non-hydrogen) atoms. The second-order valence-corrected chi connectivity index (χ2v) is 4.72. The number of hydrogen-bond acceptors (Lipinski definition) is 2. The van der Waals surface area contributed by atoms with Gasteiger partial charge in [0, 0.05) is 24.4 Å². The van der Waals surface area contributed by atoms with Crippen molar-refractivity contribution in [3.8, 4) is 0 Å². The highest BCUT2D eigenvalue weighted by Gasteiger charge is 2.20.